The normalized spacial score (nSPS) is 13.9. The molecule has 134 valence electrons. The fourth-order valence-electron chi connectivity index (χ4n) is 3.20. The second-order valence-corrected chi connectivity index (χ2v) is 6.48. The number of anilines is 2. The molecule has 26 heavy (non-hydrogen) atoms. The maximum atomic E-state index is 10.9. The fourth-order valence-corrected chi connectivity index (χ4v) is 3.20. The summed E-state index contributed by atoms with van der Waals surface area (Å²) in [4.78, 5) is 18.7. The monoisotopic (exact) mass is 351 g/mol. The highest BCUT2D eigenvalue weighted by Gasteiger charge is 2.17. The summed E-state index contributed by atoms with van der Waals surface area (Å²) in [6.45, 7) is 2.84. The highest BCUT2D eigenvalue weighted by Crippen LogP contribution is 2.23. The van der Waals surface area contributed by atoms with E-state index in [1.165, 1.54) is 31.0 Å². The molecule has 3 rings (SSSR count). The topological polar surface area (TPSA) is 86.3 Å². The Bertz CT molecular complexity index is 823. The van der Waals surface area contributed by atoms with Crippen molar-refractivity contribution in [1.29, 1.82) is 5.26 Å². The first-order chi connectivity index (χ1) is 12.6. The molecular weight excluding hydrogens is 330 g/mol. The molecule has 1 aliphatic rings. The molecule has 1 aromatic heterocycles. The van der Waals surface area contributed by atoms with Gasteiger partial charge in [0, 0.05) is 38.4 Å². The van der Waals surface area contributed by atoms with Gasteiger partial charge < -0.3 is 9.80 Å². The van der Waals surface area contributed by atoms with E-state index in [1.54, 1.807) is 12.1 Å². The van der Waals surface area contributed by atoms with E-state index < -0.39 is 4.92 Å². The molecule has 1 saturated heterocycles. The van der Waals surface area contributed by atoms with Gasteiger partial charge >= 0.3 is 5.69 Å². The van der Waals surface area contributed by atoms with Gasteiger partial charge in [0.25, 0.3) is 0 Å². The van der Waals surface area contributed by atoms with Crippen molar-refractivity contribution in [2.75, 3.05) is 29.9 Å². The van der Waals surface area contributed by atoms with Gasteiger partial charge in [-0.25, -0.2) is 4.98 Å². The van der Waals surface area contributed by atoms with E-state index in [4.69, 9.17) is 5.26 Å². The highest BCUT2D eigenvalue weighted by atomic mass is 16.6. The lowest BCUT2D eigenvalue weighted by molar-refractivity contribution is -0.385. The van der Waals surface area contributed by atoms with Crippen LogP contribution in [0.15, 0.2) is 36.4 Å². The van der Waals surface area contributed by atoms with Crippen LogP contribution < -0.4 is 9.80 Å². The Morgan fingerprint density at radius 2 is 1.88 bits per heavy atom. The Balaban J connectivity index is 1.70. The summed E-state index contributed by atoms with van der Waals surface area (Å²) >= 11 is 0. The minimum atomic E-state index is -0.589. The lowest BCUT2D eigenvalue weighted by Gasteiger charge is -2.29. The molecule has 7 nitrogen and oxygen atoms in total. The van der Waals surface area contributed by atoms with Gasteiger partial charge in [0.2, 0.25) is 5.69 Å². The molecule has 0 radical (unpaired) electrons. The van der Waals surface area contributed by atoms with Crippen molar-refractivity contribution in [3.8, 4) is 6.07 Å². The van der Waals surface area contributed by atoms with Crippen molar-refractivity contribution in [3.05, 3.63) is 57.8 Å². The summed E-state index contributed by atoms with van der Waals surface area (Å²) in [6.07, 6.45) is 3.81. The average Bonchev–Trinajstić information content (AvgIpc) is 2.68. The molecule has 0 saturated carbocycles. The van der Waals surface area contributed by atoms with E-state index >= 15 is 0 Å². The lowest BCUT2D eigenvalue weighted by atomic mass is 10.1. The van der Waals surface area contributed by atoms with Gasteiger partial charge in [0.15, 0.2) is 0 Å². The first-order valence-electron chi connectivity index (χ1n) is 8.69. The second kappa shape index (κ2) is 7.83. The number of aromatic nitrogens is 1. The summed E-state index contributed by atoms with van der Waals surface area (Å²) in [7, 11) is 1.86. The second-order valence-electron chi connectivity index (χ2n) is 6.48. The van der Waals surface area contributed by atoms with Crippen LogP contribution in [0, 0.1) is 21.4 Å². The molecule has 0 spiro atoms. The molecule has 1 fully saturated rings. The molecule has 0 N–H and O–H groups in total. The Morgan fingerprint density at radius 3 is 2.50 bits per heavy atom. The maximum Gasteiger partial charge on any atom is 0.305 e. The van der Waals surface area contributed by atoms with E-state index in [2.05, 4.69) is 34.1 Å². The molecule has 0 amide bonds. The van der Waals surface area contributed by atoms with Crippen LogP contribution in [-0.4, -0.2) is 30.0 Å². The maximum absolute atomic E-state index is 10.9. The van der Waals surface area contributed by atoms with Crippen molar-refractivity contribution in [1.82, 2.24) is 4.98 Å². The minimum absolute atomic E-state index is 0.167. The standard InChI is InChI=1S/C19H21N5O2/c1-22(19-10-9-18(24(25)26)17(13-20)21-19)14-15-5-7-16(8-6-15)23-11-3-2-4-12-23/h5-10H,2-4,11-12,14H2,1H3. The molecule has 7 heteroatoms. The number of rotatable bonds is 5. The molecule has 2 aromatic rings. The summed E-state index contributed by atoms with van der Waals surface area (Å²) in [5, 5.41) is 20.0. The minimum Gasteiger partial charge on any atom is -0.372 e. The molecule has 0 atom stereocenters. The van der Waals surface area contributed by atoms with Gasteiger partial charge in [-0.15, -0.1) is 0 Å². The number of hydrogen-bond acceptors (Lipinski definition) is 6. The largest absolute Gasteiger partial charge is 0.372 e. The number of piperidine rings is 1. The van der Waals surface area contributed by atoms with Crippen LogP contribution in [-0.2, 0) is 6.54 Å². The van der Waals surface area contributed by atoms with Crippen molar-refractivity contribution in [2.24, 2.45) is 0 Å². The Kier molecular flexibility index (Phi) is 5.32. The number of hydrogen-bond donors (Lipinski definition) is 0. The third-order valence-corrected chi connectivity index (χ3v) is 4.63. The van der Waals surface area contributed by atoms with Gasteiger partial charge in [-0.2, -0.15) is 5.26 Å². The molecule has 2 heterocycles. The quantitative estimate of drug-likeness (QED) is 0.605. The van der Waals surface area contributed by atoms with Crippen LogP contribution in [0.25, 0.3) is 0 Å². The van der Waals surface area contributed by atoms with Crippen LogP contribution in [0.5, 0.6) is 0 Å². The summed E-state index contributed by atoms with van der Waals surface area (Å²) < 4.78 is 0. The van der Waals surface area contributed by atoms with E-state index in [1.807, 2.05) is 11.9 Å². The molecule has 1 aliphatic heterocycles. The van der Waals surface area contributed by atoms with E-state index in [-0.39, 0.29) is 11.4 Å². The van der Waals surface area contributed by atoms with Crippen LogP contribution in [0.4, 0.5) is 17.2 Å². The van der Waals surface area contributed by atoms with Crippen LogP contribution in [0.1, 0.15) is 30.5 Å². The number of nitriles is 1. The van der Waals surface area contributed by atoms with Crippen LogP contribution >= 0.6 is 0 Å². The van der Waals surface area contributed by atoms with Crippen molar-refractivity contribution in [3.63, 3.8) is 0 Å². The molecule has 0 aliphatic carbocycles. The van der Waals surface area contributed by atoms with Gasteiger partial charge in [-0.05, 0) is 43.0 Å². The smallest absolute Gasteiger partial charge is 0.305 e. The predicted molar refractivity (Wildman–Crippen MR) is 100 cm³/mol. The number of benzene rings is 1. The molecular formula is C19H21N5O2. The average molecular weight is 351 g/mol. The zero-order valence-electron chi connectivity index (χ0n) is 14.8. The van der Waals surface area contributed by atoms with Crippen molar-refractivity contribution < 1.29 is 4.92 Å². The Hall–Kier alpha value is -3.14. The Morgan fingerprint density at radius 1 is 1.19 bits per heavy atom. The Labute approximate surface area is 152 Å². The highest BCUT2D eigenvalue weighted by molar-refractivity contribution is 5.52. The van der Waals surface area contributed by atoms with E-state index in [0.717, 1.165) is 18.7 Å². The van der Waals surface area contributed by atoms with E-state index in [0.29, 0.717) is 12.4 Å². The number of nitro groups is 1. The van der Waals surface area contributed by atoms with Gasteiger partial charge in [0.05, 0.1) is 4.92 Å². The summed E-state index contributed by atoms with van der Waals surface area (Å²) in [6, 6.07) is 13.2. The van der Waals surface area contributed by atoms with Crippen molar-refractivity contribution in [2.45, 2.75) is 25.8 Å². The third-order valence-electron chi connectivity index (χ3n) is 4.63. The summed E-state index contributed by atoms with van der Waals surface area (Å²) in [5.41, 5.74) is 1.93. The number of pyridine rings is 1. The zero-order valence-corrected chi connectivity index (χ0v) is 14.8. The van der Waals surface area contributed by atoms with Gasteiger partial charge in [0.1, 0.15) is 11.9 Å². The zero-order chi connectivity index (χ0) is 18.5. The first kappa shape index (κ1) is 17.7. The third kappa shape index (κ3) is 3.91. The summed E-state index contributed by atoms with van der Waals surface area (Å²) in [5.74, 6) is 0.534. The fraction of sp³-hybridized carbons (Fsp3) is 0.368. The molecule has 1 aromatic carbocycles. The van der Waals surface area contributed by atoms with Gasteiger partial charge in [-0.3, -0.25) is 10.1 Å². The number of nitrogens with zero attached hydrogens (tertiary/aromatic N) is 5. The molecule has 0 bridgehead atoms. The predicted octanol–water partition coefficient (Wildman–Crippen LogP) is 3.49. The van der Waals surface area contributed by atoms with Crippen molar-refractivity contribution >= 4 is 17.2 Å². The van der Waals surface area contributed by atoms with E-state index in [9.17, 15) is 10.1 Å². The SMILES string of the molecule is CN(Cc1ccc(N2CCCCC2)cc1)c1ccc([N+](=O)[O-])c(C#N)n1. The lowest BCUT2D eigenvalue weighted by Crippen LogP contribution is -2.29. The van der Waals surface area contributed by atoms with Crippen LogP contribution in [0.2, 0.25) is 0 Å². The molecule has 0 unspecified atom stereocenters. The van der Waals surface area contributed by atoms with Crippen LogP contribution in [0.3, 0.4) is 0 Å². The first-order valence-corrected chi connectivity index (χ1v) is 8.69. The van der Waals surface area contributed by atoms with Gasteiger partial charge in [-0.1, -0.05) is 12.1 Å².